The molecule has 2 aromatic rings. The Morgan fingerprint density at radius 1 is 0.938 bits per heavy atom. The van der Waals surface area contributed by atoms with Crippen LogP contribution < -0.4 is 10.6 Å². The predicted molar refractivity (Wildman–Crippen MR) is 128 cm³/mol. The number of hydrogen-bond donors (Lipinski definition) is 2. The number of amides is 2. The lowest BCUT2D eigenvalue weighted by Crippen LogP contribution is -2.34. The number of aryl methyl sites for hydroxylation is 1. The van der Waals surface area contributed by atoms with Crippen LogP contribution in [-0.4, -0.2) is 48.5 Å². The van der Waals surface area contributed by atoms with E-state index in [0.717, 1.165) is 12.8 Å². The van der Waals surface area contributed by atoms with Gasteiger partial charge in [-0.05, 0) is 49.2 Å². The molecule has 2 rings (SSSR count). The SMILES string of the molecule is CN(C)C(=O)c1ccccc1NC(=S)NC(=O)CCCC(=O)OCCCc1ccccc1. The highest BCUT2D eigenvalue weighted by molar-refractivity contribution is 7.80. The molecule has 0 saturated heterocycles. The van der Waals surface area contributed by atoms with Crippen LogP contribution in [-0.2, 0) is 20.7 Å². The summed E-state index contributed by atoms with van der Waals surface area (Å²) in [6.45, 7) is 0.360. The molecule has 2 N–H and O–H groups in total. The van der Waals surface area contributed by atoms with Crippen LogP contribution in [0.5, 0.6) is 0 Å². The molecule has 0 aliphatic heterocycles. The molecule has 32 heavy (non-hydrogen) atoms. The van der Waals surface area contributed by atoms with E-state index in [9.17, 15) is 14.4 Å². The van der Waals surface area contributed by atoms with Gasteiger partial charge in [0.2, 0.25) is 5.91 Å². The number of carbonyl (C=O) groups excluding carboxylic acids is 3. The highest BCUT2D eigenvalue weighted by Crippen LogP contribution is 2.16. The zero-order valence-corrected chi connectivity index (χ0v) is 19.2. The molecule has 0 unspecified atom stereocenters. The van der Waals surface area contributed by atoms with E-state index < -0.39 is 0 Å². The Labute approximate surface area is 194 Å². The molecule has 0 spiro atoms. The van der Waals surface area contributed by atoms with Crippen molar-refractivity contribution in [3.05, 3.63) is 65.7 Å². The van der Waals surface area contributed by atoms with Crippen molar-refractivity contribution in [2.45, 2.75) is 32.1 Å². The third kappa shape index (κ3) is 8.85. The Balaban J connectivity index is 1.65. The van der Waals surface area contributed by atoms with Crippen LogP contribution >= 0.6 is 12.2 Å². The van der Waals surface area contributed by atoms with Crippen LogP contribution in [0.4, 0.5) is 5.69 Å². The van der Waals surface area contributed by atoms with Crippen molar-refractivity contribution < 1.29 is 19.1 Å². The van der Waals surface area contributed by atoms with Crippen LogP contribution in [0.3, 0.4) is 0 Å². The van der Waals surface area contributed by atoms with Crippen LogP contribution in [0.25, 0.3) is 0 Å². The van der Waals surface area contributed by atoms with Gasteiger partial charge in [-0.15, -0.1) is 0 Å². The molecule has 0 atom stereocenters. The van der Waals surface area contributed by atoms with Gasteiger partial charge in [0.05, 0.1) is 17.9 Å². The number of ether oxygens (including phenoxy) is 1. The van der Waals surface area contributed by atoms with Crippen molar-refractivity contribution in [1.29, 1.82) is 0 Å². The molecule has 0 heterocycles. The van der Waals surface area contributed by atoms with E-state index in [0.29, 0.717) is 24.3 Å². The fourth-order valence-corrected chi connectivity index (χ4v) is 3.16. The zero-order chi connectivity index (χ0) is 23.3. The minimum atomic E-state index is -0.317. The number of anilines is 1. The molecule has 0 radical (unpaired) electrons. The molecule has 0 aromatic heterocycles. The Morgan fingerprint density at radius 3 is 2.34 bits per heavy atom. The van der Waals surface area contributed by atoms with E-state index in [1.807, 2.05) is 30.3 Å². The molecule has 2 aromatic carbocycles. The van der Waals surface area contributed by atoms with Crippen LogP contribution in [0, 0.1) is 0 Å². The molecule has 170 valence electrons. The number of hydrogen-bond acceptors (Lipinski definition) is 5. The maximum absolute atomic E-state index is 12.3. The van der Waals surface area contributed by atoms with E-state index >= 15 is 0 Å². The topological polar surface area (TPSA) is 87.7 Å². The van der Waals surface area contributed by atoms with Crippen LogP contribution in [0.15, 0.2) is 54.6 Å². The van der Waals surface area contributed by atoms with Crippen molar-refractivity contribution >= 4 is 40.8 Å². The number of thiocarbonyl (C=S) groups is 1. The Morgan fingerprint density at radius 2 is 1.62 bits per heavy atom. The fourth-order valence-electron chi connectivity index (χ4n) is 2.93. The largest absolute Gasteiger partial charge is 0.466 e. The second-order valence-corrected chi connectivity index (χ2v) is 7.82. The molecule has 0 bridgehead atoms. The Hall–Kier alpha value is -3.26. The number of para-hydroxylation sites is 1. The molecular weight excluding hydrogens is 426 g/mol. The number of benzene rings is 2. The molecule has 0 saturated carbocycles. The smallest absolute Gasteiger partial charge is 0.305 e. The predicted octanol–water partition coefficient (Wildman–Crippen LogP) is 3.55. The van der Waals surface area contributed by atoms with Gasteiger partial charge in [-0.3, -0.25) is 14.4 Å². The fraction of sp³-hybridized carbons (Fsp3) is 0.333. The third-order valence-electron chi connectivity index (χ3n) is 4.57. The summed E-state index contributed by atoms with van der Waals surface area (Å²) in [5.41, 5.74) is 2.16. The van der Waals surface area contributed by atoms with Crippen LogP contribution in [0.1, 0.15) is 41.6 Å². The average Bonchev–Trinajstić information content (AvgIpc) is 2.77. The standard InChI is InChI=1S/C24H29N3O4S/c1-27(2)23(30)19-13-6-7-14-20(19)25-24(32)26-21(28)15-8-16-22(29)31-17-9-12-18-10-4-3-5-11-18/h3-7,10-11,13-14H,8-9,12,15-17H2,1-2H3,(H2,25,26,28,32). The average molecular weight is 456 g/mol. The molecule has 0 aliphatic rings. The lowest BCUT2D eigenvalue weighted by Gasteiger charge is -2.16. The van der Waals surface area contributed by atoms with Crippen molar-refractivity contribution in [1.82, 2.24) is 10.2 Å². The summed E-state index contributed by atoms with van der Waals surface area (Å²) in [5.74, 6) is -0.803. The highest BCUT2D eigenvalue weighted by atomic mass is 32.1. The maximum atomic E-state index is 12.3. The van der Waals surface area contributed by atoms with Crippen molar-refractivity contribution in [3.63, 3.8) is 0 Å². The van der Waals surface area contributed by atoms with E-state index in [1.165, 1.54) is 10.5 Å². The second-order valence-electron chi connectivity index (χ2n) is 7.41. The number of carbonyl (C=O) groups is 3. The van der Waals surface area contributed by atoms with Crippen molar-refractivity contribution in [3.8, 4) is 0 Å². The summed E-state index contributed by atoms with van der Waals surface area (Å²) < 4.78 is 5.22. The summed E-state index contributed by atoms with van der Waals surface area (Å²) in [5, 5.41) is 5.55. The lowest BCUT2D eigenvalue weighted by atomic mass is 10.1. The second kappa shape index (κ2) is 13.2. The van der Waals surface area contributed by atoms with E-state index in [4.69, 9.17) is 17.0 Å². The first kappa shape index (κ1) is 25.0. The monoisotopic (exact) mass is 455 g/mol. The normalized spacial score (nSPS) is 10.2. The highest BCUT2D eigenvalue weighted by Gasteiger charge is 2.14. The number of nitrogens with zero attached hydrogens (tertiary/aromatic N) is 1. The number of rotatable bonds is 10. The minimum absolute atomic E-state index is 0.0949. The maximum Gasteiger partial charge on any atom is 0.305 e. The van der Waals surface area contributed by atoms with Gasteiger partial charge in [-0.2, -0.15) is 0 Å². The molecule has 7 nitrogen and oxygen atoms in total. The summed E-state index contributed by atoms with van der Waals surface area (Å²) in [7, 11) is 3.32. The van der Waals surface area contributed by atoms with Gasteiger partial charge >= 0.3 is 5.97 Å². The summed E-state index contributed by atoms with van der Waals surface area (Å²) in [6.07, 6.45) is 2.28. The summed E-state index contributed by atoms with van der Waals surface area (Å²) in [6, 6.07) is 16.9. The minimum Gasteiger partial charge on any atom is -0.466 e. The molecular formula is C24H29N3O4S. The Kier molecular flexibility index (Phi) is 10.3. The van der Waals surface area contributed by atoms with Gasteiger partial charge in [0.1, 0.15) is 0 Å². The number of nitrogens with one attached hydrogen (secondary N) is 2. The van der Waals surface area contributed by atoms with Crippen LogP contribution in [0.2, 0.25) is 0 Å². The van der Waals surface area contributed by atoms with Gasteiger partial charge in [0.15, 0.2) is 5.11 Å². The van der Waals surface area contributed by atoms with E-state index in [-0.39, 0.29) is 35.7 Å². The Bertz CT molecular complexity index is 932. The van der Waals surface area contributed by atoms with E-state index in [1.54, 1.807) is 38.4 Å². The third-order valence-corrected chi connectivity index (χ3v) is 4.77. The molecule has 0 fully saturated rings. The number of esters is 1. The first-order chi connectivity index (χ1) is 15.4. The molecule has 0 aliphatic carbocycles. The van der Waals surface area contributed by atoms with Crippen molar-refractivity contribution in [2.75, 3.05) is 26.0 Å². The van der Waals surface area contributed by atoms with E-state index in [2.05, 4.69) is 10.6 Å². The summed E-state index contributed by atoms with van der Waals surface area (Å²) in [4.78, 5) is 37.6. The van der Waals surface area contributed by atoms with Gasteiger partial charge in [-0.1, -0.05) is 42.5 Å². The molecule has 2 amide bonds. The van der Waals surface area contributed by atoms with Gasteiger partial charge in [-0.25, -0.2) is 0 Å². The summed E-state index contributed by atoms with van der Waals surface area (Å²) >= 11 is 5.18. The van der Waals surface area contributed by atoms with Gasteiger partial charge in [0.25, 0.3) is 5.91 Å². The lowest BCUT2D eigenvalue weighted by molar-refractivity contribution is -0.143. The van der Waals surface area contributed by atoms with Crippen molar-refractivity contribution in [2.24, 2.45) is 0 Å². The molecule has 8 heteroatoms. The zero-order valence-electron chi connectivity index (χ0n) is 18.4. The first-order valence-corrected chi connectivity index (χ1v) is 10.9. The van der Waals surface area contributed by atoms with Gasteiger partial charge < -0.3 is 20.3 Å². The van der Waals surface area contributed by atoms with Gasteiger partial charge in [0, 0.05) is 26.9 Å². The first-order valence-electron chi connectivity index (χ1n) is 10.5. The quantitative estimate of drug-likeness (QED) is 0.324.